The predicted octanol–water partition coefficient (Wildman–Crippen LogP) is 4.07. The van der Waals surface area contributed by atoms with Crippen LogP contribution in [0.4, 0.5) is 10.8 Å². The normalized spacial score (nSPS) is 11.0. The lowest BCUT2D eigenvalue weighted by Gasteiger charge is -2.04. The molecule has 1 aromatic carbocycles. The summed E-state index contributed by atoms with van der Waals surface area (Å²) >= 11 is 1.45. The molecule has 5 nitrogen and oxygen atoms in total. The summed E-state index contributed by atoms with van der Waals surface area (Å²) in [6.45, 7) is 2.03. The molecular formula is C17H18N2O3S. The lowest BCUT2D eigenvalue weighted by Crippen LogP contribution is -2.01. The molecule has 23 heavy (non-hydrogen) atoms. The van der Waals surface area contributed by atoms with E-state index in [2.05, 4.69) is 10.3 Å². The number of hydrogen-bond acceptors (Lipinski definition) is 6. The van der Waals surface area contributed by atoms with Crippen molar-refractivity contribution < 1.29 is 14.3 Å². The zero-order valence-electron chi connectivity index (χ0n) is 13.0. The lowest BCUT2D eigenvalue weighted by atomic mass is 10.3. The summed E-state index contributed by atoms with van der Waals surface area (Å²) in [6, 6.07) is 7.56. The van der Waals surface area contributed by atoms with Gasteiger partial charge in [0.2, 0.25) is 0 Å². The molecule has 6 heteroatoms. The van der Waals surface area contributed by atoms with E-state index in [4.69, 9.17) is 9.47 Å². The molecule has 120 valence electrons. The van der Waals surface area contributed by atoms with E-state index in [0.29, 0.717) is 5.69 Å². The smallest absolute Gasteiger partial charge is 0.331 e. The minimum absolute atomic E-state index is 0.153. The number of rotatable bonds is 7. The molecule has 2 aromatic rings. The number of aromatic nitrogens is 1. The largest absolute Gasteiger partial charge is 0.497 e. The van der Waals surface area contributed by atoms with Crippen molar-refractivity contribution >= 4 is 28.1 Å². The van der Waals surface area contributed by atoms with Crippen LogP contribution in [0.25, 0.3) is 0 Å². The number of allylic oxidation sites excluding steroid dienone is 3. The van der Waals surface area contributed by atoms with Gasteiger partial charge in [0.05, 0.1) is 12.8 Å². The van der Waals surface area contributed by atoms with Gasteiger partial charge in [-0.25, -0.2) is 9.78 Å². The number of carbonyl (C=O) groups is 1. The third-order valence-corrected chi connectivity index (χ3v) is 3.60. The van der Waals surface area contributed by atoms with Gasteiger partial charge >= 0.3 is 5.97 Å². The summed E-state index contributed by atoms with van der Waals surface area (Å²) in [6.07, 6.45) is 6.62. The summed E-state index contributed by atoms with van der Waals surface area (Å²) in [5.74, 6) is 0.411. The van der Waals surface area contributed by atoms with Gasteiger partial charge in [-0.2, -0.15) is 0 Å². The maximum atomic E-state index is 11.5. The molecule has 0 saturated heterocycles. The Hall–Kier alpha value is -2.60. The Balaban J connectivity index is 1.86. The van der Waals surface area contributed by atoms with Crippen molar-refractivity contribution in [2.24, 2.45) is 0 Å². The molecule has 0 amide bonds. The number of carbonyl (C=O) groups excluding carboxylic acids is 1. The van der Waals surface area contributed by atoms with E-state index >= 15 is 0 Å². The summed E-state index contributed by atoms with van der Waals surface area (Å²) in [7, 11) is 1.63. The second kappa shape index (κ2) is 8.75. The molecule has 0 unspecified atom stereocenters. The van der Waals surface area contributed by atoms with Gasteiger partial charge in [-0.05, 0) is 31.2 Å². The number of methoxy groups -OCH3 is 1. The summed E-state index contributed by atoms with van der Waals surface area (Å²) in [4.78, 5) is 15.8. The highest BCUT2D eigenvalue weighted by atomic mass is 32.1. The lowest BCUT2D eigenvalue weighted by molar-refractivity contribution is -0.139. The van der Waals surface area contributed by atoms with Gasteiger partial charge in [0.1, 0.15) is 12.4 Å². The molecule has 1 N–H and O–H groups in total. The van der Waals surface area contributed by atoms with Crippen molar-refractivity contribution in [3.8, 4) is 5.75 Å². The molecule has 0 spiro atoms. The summed E-state index contributed by atoms with van der Waals surface area (Å²) in [5, 5.41) is 5.79. The maximum absolute atomic E-state index is 11.5. The molecule has 0 radical (unpaired) electrons. The van der Waals surface area contributed by atoms with Gasteiger partial charge in [-0.15, -0.1) is 11.3 Å². The zero-order chi connectivity index (χ0) is 16.5. The standard InChI is InChI=1S/C17H18N2O3S/c1-3-4-5-6-16(20)22-11-14-12-23-17(19-14)18-13-7-9-15(21-2)10-8-13/h3-10,12H,11H2,1-2H3,(H,18,19)/b4-3+,6-5+. The van der Waals surface area contributed by atoms with Crippen molar-refractivity contribution in [2.45, 2.75) is 13.5 Å². The fourth-order valence-electron chi connectivity index (χ4n) is 1.67. The molecule has 0 fully saturated rings. The Morgan fingerprint density at radius 3 is 2.78 bits per heavy atom. The molecule has 1 aromatic heterocycles. The van der Waals surface area contributed by atoms with Crippen LogP contribution < -0.4 is 10.1 Å². The van der Waals surface area contributed by atoms with Crippen molar-refractivity contribution in [2.75, 3.05) is 12.4 Å². The minimum Gasteiger partial charge on any atom is -0.497 e. The predicted molar refractivity (Wildman–Crippen MR) is 92.1 cm³/mol. The van der Waals surface area contributed by atoms with Crippen LogP contribution in [0, 0.1) is 0 Å². The van der Waals surface area contributed by atoms with E-state index in [9.17, 15) is 4.79 Å². The van der Waals surface area contributed by atoms with Gasteiger partial charge < -0.3 is 14.8 Å². The highest BCUT2D eigenvalue weighted by Crippen LogP contribution is 2.23. The van der Waals surface area contributed by atoms with Crippen LogP contribution in [0.5, 0.6) is 5.75 Å². The molecule has 0 aliphatic heterocycles. The van der Waals surface area contributed by atoms with E-state index in [0.717, 1.165) is 16.6 Å². The number of nitrogens with one attached hydrogen (secondary N) is 1. The highest BCUT2D eigenvalue weighted by molar-refractivity contribution is 7.13. The molecule has 0 atom stereocenters. The average molecular weight is 330 g/mol. The van der Waals surface area contributed by atoms with Crippen LogP contribution in [0.2, 0.25) is 0 Å². The summed E-state index contributed by atoms with van der Waals surface area (Å²) < 4.78 is 10.2. The first-order valence-electron chi connectivity index (χ1n) is 7.03. The third kappa shape index (κ3) is 5.60. The van der Waals surface area contributed by atoms with Gasteiger partial charge in [0, 0.05) is 17.1 Å². The fraction of sp³-hybridized carbons (Fsp3) is 0.176. The number of ether oxygens (including phenoxy) is 2. The van der Waals surface area contributed by atoms with Gasteiger partial charge in [-0.3, -0.25) is 0 Å². The van der Waals surface area contributed by atoms with Crippen molar-refractivity contribution in [3.63, 3.8) is 0 Å². The first-order chi connectivity index (χ1) is 11.2. The second-order valence-electron chi connectivity index (χ2n) is 4.49. The number of benzene rings is 1. The van der Waals surface area contributed by atoms with Crippen LogP contribution in [0.3, 0.4) is 0 Å². The first kappa shape index (κ1) is 16.8. The monoisotopic (exact) mass is 330 g/mol. The molecular weight excluding hydrogens is 312 g/mol. The molecule has 0 saturated carbocycles. The highest BCUT2D eigenvalue weighted by Gasteiger charge is 2.05. The fourth-order valence-corrected chi connectivity index (χ4v) is 2.38. The molecule has 0 aliphatic rings. The molecule has 1 heterocycles. The Labute approximate surface area is 139 Å². The topological polar surface area (TPSA) is 60.5 Å². The van der Waals surface area contributed by atoms with Crippen molar-refractivity contribution in [1.29, 1.82) is 0 Å². The Morgan fingerprint density at radius 1 is 1.30 bits per heavy atom. The van der Waals surface area contributed by atoms with Crippen LogP contribution in [-0.2, 0) is 16.1 Å². The molecule has 0 aliphatic carbocycles. The SMILES string of the molecule is C/C=C/C=C/C(=O)OCc1csc(Nc2ccc(OC)cc2)n1. The van der Waals surface area contributed by atoms with E-state index in [-0.39, 0.29) is 12.6 Å². The van der Waals surface area contributed by atoms with E-state index in [1.807, 2.05) is 42.6 Å². The van der Waals surface area contributed by atoms with Crippen LogP contribution in [0.15, 0.2) is 53.9 Å². The van der Waals surface area contributed by atoms with E-state index in [1.165, 1.54) is 17.4 Å². The van der Waals surface area contributed by atoms with Crippen LogP contribution in [0.1, 0.15) is 12.6 Å². The molecule has 2 rings (SSSR count). The first-order valence-corrected chi connectivity index (χ1v) is 7.91. The zero-order valence-corrected chi connectivity index (χ0v) is 13.8. The Morgan fingerprint density at radius 2 is 2.09 bits per heavy atom. The number of thiazole rings is 1. The quantitative estimate of drug-likeness (QED) is 0.471. The van der Waals surface area contributed by atoms with Crippen LogP contribution >= 0.6 is 11.3 Å². The average Bonchev–Trinajstić information content (AvgIpc) is 3.01. The van der Waals surface area contributed by atoms with Gasteiger partial charge in [0.25, 0.3) is 0 Å². The number of esters is 1. The Bertz CT molecular complexity index is 690. The van der Waals surface area contributed by atoms with Gasteiger partial charge in [0.15, 0.2) is 5.13 Å². The summed E-state index contributed by atoms with van der Waals surface area (Å²) in [5.41, 5.74) is 1.62. The second-order valence-corrected chi connectivity index (χ2v) is 5.35. The van der Waals surface area contributed by atoms with Crippen LogP contribution in [-0.4, -0.2) is 18.1 Å². The number of anilines is 2. The molecule has 0 bridgehead atoms. The number of hydrogen-bond donors (Lipinski definition) is 1. The Kier molecular flexibility index (Phi) is 6.38. The van der Waals surface area contributed by atoms with Crippen molar-refractivity contribution in [3.05, 3.63) is 59.6 Å². The van der Waals surface area contributed by atoms with E-state index < -0.39 is 0 Å². The van der Waals surface area contributed by atoms with Gasteiger partial charge in [-0.1, -0.05) is 18.2 Å². The minimum atomic E-state index is -0.388. The maximum Gasteiger partial charge on any atom is 0.331 e. The number of nitrogens with zero attached hydrogens (tertiary/aromatic N) is 1. The van der Waals surface area contributed by atoms with E-state index in [1.54, 1.807) is 19.3 Å². The van der Waals surface area contributed by atoms with Crippen molar-refractivity contribution in [1.82, 2.24) is 4.98 Å². The third-order valence-electron chi connectivity index (χ3n) is 2.79.